The number of nitrogens with zero attached hydrogens (tertiary/aromatic N) is 1. The Hall–Kier alpha value is -4.12. The van der Waals surface area contributed by atoms with Crippen LogP contribution in [0.4, 0.5) is 13.8 Å². The number of rotatable bonds is 6. The zero-order valence-electron chi connectivity index (χ0n) is 20.9. The number of anilines is 1. The van der Waals surface area contributed by atoms with Crippen molar-refractivity contribution in [2.75, 3.05) is 11.9 Å². The zero-order valence-corrected chi connectivity index (χ0v) is 21.7. The summed E-state index contributed by atoms with van der Waals surface area (Å²) in [5, 5.41) is 15.1. The lowest BCUT2D eigenvalue weighted by atomic mass is 10.0. The van der Waals surface area contributed by atoms with Crippen molar-refractivity contribution >= 4 is 39.9 Å². The molecule has 1 aliphatic heterocycles. The van der Waals surface area contributed by atoms with E-state index in [2.05, 4.69) is 10.6 Å². The van der Waals surface area contributed by atoms with Crippen LogP contribution in [0.5, 0.6) is 0 Å². The third-order valence-corrected chi connectivity index (χ3v) is 8.80. The van der Waals surface area contributed by atoms with Crippen LogP contribution in [0.25, 0.3) is 11.1 Å². The monoisotopic (exact) mass is 549 g/mol. The minimum atomic E-state index is -3.14. The summed E-state index contributed by atoms with van der Waals surface area (Å²) < 4.78 is 29.7. The van der Waals surface area contributed by atoms with Crippen molar-refractivity contribution in [2.45, 2.75) is 37.8 Å². The number of alkyl halides is 2. The van der Waals surface area contributed by atoms with E-state index in [1.807, 2.05) is 6.92 Å². The minimum Gasteiger partial charge on any atom is -0.384 e. The van der Waals surface area contributed by atoms with Gasteiger partial charge in [-0.1, -0.05) is 37.3 Å². The molecule has 39 heavy (non-hydrogen) atoms. The second-order valence-corrected chi connectivity index (χ2v) is 11.5. The van der Waals surface area contributed by atoms with Crippen LogP contribution in [0.1, 0.15) is 46.8 Å². The Kier molecular flexibility index (Phi) is 5.62. The van der Waals surface area contributed by atoms with Crippen molar-refractivity contribution in [1.29, 1.82) is 5.41 Å². The van der Waals surface area contributed by atoms with Gasteiger partial charge in [-0.3, -0.25) is 19.8 Å². The van der Waals surface area contributed by atoms with Gasteiger partial charge < -0.3 is 21.3 Å². The standard InChI is InChI=1S/C28H25F2N5O3S/c1-27-10-20(26(38)34-22-9-15(13-39-22)24(31)32)35(21(27)11-27)23(36)12-33-25(37)14-6-7-19-17(8-14)16-4-2-3-5-18(16)28(19,29)30/h2-9,13,20-21H,10-12H2,1H3,(H3,31,32)(H,33,37)(H,34,38)/t20-,21-,27+/m0/s1. The Bertz CT molecular complexity index is 1570. The molecule has 0 bridgehead atoms. The number of amides is 3. The first-order valence-electron chi connectivity index (χ1n) is 12.4. The zero-order chi connectivity index (χ0) is 27.7. The number of nitrogen functional groups attached to an aromatic ring is 1. The van der Waals surface area contributed by atoms with Crippen LogP contribution in [0.3, 0.4) is 0 Å². The normalized spacial score (nSPS) is 23.4. The number of halogens is 2. The largest absolute Gasteiger partial charge is 0.384 e. The molecule has 0 spiro atoms. The molecule has 1 aromatic heterocycles. The number of carbonyl (C=O) groups excluding carboxylic acids is 3. The summed E-state index contributed by atoms with van der Waals surface area (Å²) in [5.41, 5.74) is 6.43. The minimum absolute atomic E-state index is 0.0903. The fourth-order valence-corrected chi connectivity index (χ4v) is 6.58. The van der Waals surface area contributed by atoms with Crippen LogP contribution in [-0.2, 0) is 15.5 Å². The van der Waals surface area contributed by atoms with Gasteiger partial charge in [0.05, 0.1) is 11.5 Å². The van der Waals surface area contributed by atoms with E-state index in [4.69, 9.17) is 11.1 Å². The molecule has 2 heterocycles. The Morgan fingerprint density at radius 3 is 2.56 bits per heavy atom. The number of fused-ring (bicyclic) bond motifs is 4. The van der Waals surface area contributed by atoms with Crippen LogP contribution in [-0.4, -0.2) is 47.1 Å². The summed E-state index contributed by atoms with van der Waals surface area (Å²) >= 11 is 1.24. The Balaban J connectivity index is 1.15. The maximum Gasteiger partial charge on any atom is 0.299 e. The molecular formula is C28H25F2N5O3S. The molecule has 6 rings (SSSR count). The van der Waals surface area contributed by atoms with Gasteiger partial charge in [0.2, 0.25) is 11.8 Å². The number of hydrogen-bond acceptors (Lipinski definition) is 5. The molecule has 8 nitrogen and oxygen atoms in total. The molecule has 3 aliphatic rings. The third kappa shape index (κ3) is 4.08. The van der Waals surface area contributed by atoms with Crippen molar-refractivity contribution in [1.82, 2.24) is 10.2 Å². The average molecular weight is 550 g/mol. The summed E-state index contributed by atoms with van der Waals surface area (Å²) in [6, 6.07) is 11.0. The number of thiophene rings is 1. The maximum absolute atomic E-state index is 14.8. The first kappa shape index (κ1) is 25.2. The number of nitrogens with one attached hydrogen (secondary N) is 3. The predicted octanol–water partition coefficient (Wildman–Crippen LogP) is 3.90. The van der Waals surface area contributed by atoms with Crippen molar-refractivity contribution in [2.24, 2.45) is 11.1 Å². The lowest BCUT2D eigenvalue weighted by Crippen LogP contribution is -2.49. The molecule has 2 fully saturated rings. The Morgan fingerprint density at radius 1 is 1.08 bits per heavy atom. The van der Waals surface area contributed by atoms with E-state index >= 15 is 0 Å². The van der Waals surface area contributed by atoms with E-state index in [1.54, 1.807) is 34.5 Å². The molecule has 3 atom stereocenters. The molecule has 200 valence electrons. The highest BCUT2D eigenvalue weighted by atomic mass is 32.1. The topological polar surface area (TPSA) is 128 Å². The summed E-state index contributed by atoms with van der Waals surface area (Å²) in [5.74, 6) is -4.53. The molecule has 3 aromatic rings. The van der Waals surface area contributed by atoms with E-state index in [0.29, 0.717) is 28.1 Å². The van der Waals surface area contributed by atoms with E-state index in [0.717, 1.165) is 6.42 Å². The Labute approximate surface area is 226 Å². The summed E-state index contributed by atoms with van der Waals surface area (Å²) in [6.07, 6.45) is 1.29. The second kappa shape index (κ2) is 8.70. The number of benzene rings is 2. The molecule has 11 heteroatoms. The van der Waals surface area contributed by atoms with Gasteiger partial charge in [0.25, 0.3) is 11.8 Å². The van der Waals surface area contributed by atoms with Gasteiger partial charge in [0.1, 0.15) is 11.9 Å². The number of piperidine rings is 1. The molecule has 3 amide bonds. The molecule has 5 N–H and O–H groups in total. The fourth-order valence-electron chi connectivity index (χ4n) is 5.78. The molecule has 2 aromatic carbocycles. The van der Waals surface area contributed by atoms with Gasteiger partial charge in [-0.15, -0.1) is 11.3 Å². The van der Waals surface area contributed by atoms with Gasteiger partial charge in [0, 0.05) is 33.7 Å². The van der Waals surface area contributed by atoms with E-state index < -0.39 is 17.9 Å². The van der Waals surface area contributed by atoms with Crippen LogP contribution in [0.15, 0.2) is 53.9 Å². The average Bonchev–Trinajstić information content (AvgIpc) is 3.20. The molecule has 0 radical (unpaired) electrons. The van der Waals surface area contributed by atoms with Crippen molar-refractivity contribution in [3.05, 3.63) is 76.2 Å². The number of amidine groups is 1. The first-order chi connectivity index (χ1) is 18.5. The smallest absolute Gasteiger partial charge is 0.299 e. The number of nitrogens with two attached hydrogens (primary N) is 1. The summed E-state index contributed by atoms with van der Waals surface area (Å²) in [7, 11) is 0. The molecule has 0 unspecified atom stereocenters. The first-order valence-corrected chi connectivity index (χ1v) is 13.3. The van der Waals surface area contributed by atoms with E-state index in [1.165, 1.54) is 35.6 Å². The lowest BCUT2D eigenvalue weighted by molar-refractivity contribution is -0.137. The molecule has 1 saturated carbocycles. The van der Waals surface area contributed by atoms with Crippen molar-refractivity contribution in [3.63, 3.8) is 0 Å². The van der Waals surface area contributed by atoms with Crippen LogP contribution in [0, 0.1) is 10.8 Å². The van der Waals surface area contributed by atoms with Gasteiger partial charge in [-0.2, -0.15) is 8.78 Å². The number of carbonyl (C=O) groups is 3. The van der Waals surface area contributed by atoms with Crippen LogP contribution >= 0.6 is 11.3 Å². The highest BCUT2D eigenvalue weighted by Crippen LogP contribution is 2.59. The van der Waals surface area contributed by atoms with Crippen LogP contribution < -0.4 is 16.4 Å². The number of hydrogen-bond donors (Lipinski definition) is 4. The van der Waals surface area contributed by atoms with Gasteiger partial charge in [-0.05, 0) is 47.6 Å². The van der Waals surface area contributed by atoms with E-state index in [9.17, 15) is 23.2 Å². The fraction of sp³-hybridized carbons (Fsp3) is 0.286. The number of likely N-dealkylation sites (tertiary alicyclic amines) is 1. The van der Waals surface area contributed by atoms with E-state index in [-0.39, 0.29) is 52.3 Å². The summed E-state index contributed by atoms with van der Waals surface area (Å²) in [4.78, 5) is 40.8. The van der Waals surface area contributed by atoms with Crippen molar-refractivity contribution < 1.29 is 23.2 Å². The van der Waals surface area contributed by atoms with Crippen molar-refractivity contribution in [3.8, 4) is 11.1 Å². The van der Waals surface area contributed by atoms with Gasteiger partial charge in [-0.25, -0.2) is 0 Å². The quantitative estimate of drug-likeness (QED) is 0.275. The van der Waals surface area contributed by atoms with Gasteiger partial charge in [0.15, 0.2) is 0 Å². The molecule has 1 saturated heterocycles. The maximum atomic E-state index is 14.8. The third-order valence-electron chi connectivity index (χ3n) is 7.96. The SMILES string of the molecule is C[C@@]12C[C@@H]1N(C(=O)CNC(=O)c1ccc3c(c1)-c1ccccc1C3(F)F)[C@H](C(=O)Nc1cc(C(=N)N)cs1)C2. The molecule has 2 aliphatic carbocycles. The molecular weight excluding hydrogens is 524 g/mol. The highest BCUT2D eigenvalue weighted by molar-refractivity contribution is 7.14. The lowest BCUT2D eigenvalue weighted by Gasteiger charge is -2.26. The second-order valence-electron chi connectivity index (χ2n) is 10.6. The van der Waals surface area contributed by atoms with Gasteiger partial charge >= 0.3 is 0 Å². The Morgan fingerprint density at radius 2 is 1.82 bits per heavy atom. The summed E-state index contributed by atoms with van der Waals surface area (Å²) in [6.45, 7) is 1.70. The predicted molar refractivity (Wildman–Crippen MR) is 143 cm³/mol. The highest BCUT2D eigenvalue weighted by Gasteiger charge is 2.64. The van der Waals surface area contributed by atoms with Crippen LogP contribution in [0.2, 0.25) is 0 Å².